The molecule has 1 rings (SSSR count). The Morgan fingerprint density at radius 3 is 2.53 bits per heavy atom. The number of allylic oxidation sites excluding steroid dienone is 1. The molecular formula is C12H25N3. The summed E-state index contributed by atoms with van der Waals surface area (Å²) < 4.78 is 0. The quantitative estimate of drug-likeness (QED) is 0.604. The number of nitrogens with zero attached hydrogens (tertiary/aromatic N) is 1. The zero-order valence-corrected chi connectivity index (χ0v) is 10.2. The first-order valence-electron chi connectivity index (χ1n) is 6.36. The lowest BCUT2D eigenvalue weighted by molar-refractivity contribution is 0.238. The molecule has 3 nitrogen and oxygen atoms in total. The van der Waals surface area contributed by atoms with E-state index in [1.165, 1.54) is 50.6 Å². The molecular weight excluding hydrogens is 186 g/mol. The van der Waals surface area contributed by atoms with E-state index in [1.807, 2.05) is 0 Å². The minimum atomic E-state index is 1.12. The Labute approximate surface area is 93.9 Å². The van der Waals surface area contributed by atoms with Gasteiger partial charge in [-0.1, -0.05) is 39.5 Å². The van der Waals surface area contributed by atoms with Gasteiger partial charge in [0, 0.05) is 18.4 Å². The number of hydrogen-bond acceptors (Lipinski definition) is 3. The van der Waals surface area contributed by atoms with Gasteiger partial charge in [-0.2, -0.15) is 0 Å². The van der Waals surface area contributed by atoms with Crippen LogP contribution in [0.25, 0.3) is 0 Å². The summed E-state index contributed by atoms with van der Waals surface area (Å²) in [5.74, 6) is 0. The molecule has 0 bridgehead atoms. The summed E-state index contributed by atoms with van der Waals surface area (Å²) in [4.78, 5) is 0. The van der Waals surface area contributed by atoms with Crippen LogP contribution < -0.4 is 11.0 Å². The lowest BCUT2D eigenvalue weighted by atomic mass is 10.1. The van der Waals surface area contributed by atoms with Gasteiger partial charge < -0.3 is 5.43 Å². The van der Waals surface area contributed by atoms with Crippen LogP contribution in [0.1, 0.15) is 58.8 Å². The SMILES string of the molecule is CCCCCC1=CNNN1CCCCC. The molecule has 1 aliphatic rings. The molecule has 1 heterocycles. The summed E-state index contributed by atoms with van der Waals surface area (Å²) in [6.07, 6.45) is 11.1. The molecule has 0 aliphatic carbocycles. The molecule has 88 valence electrons. The molecule has 0 aromatic carbocycles. The van der Waals surface area contributed by atoms with Gasteiger partial charge in [-0.25, -0.2) is 0 Å². The van der Waals surface area contributed by atoms with Crippen LogP contribution >= 0.6 is 0 Å². The van der Waals surface area contributed by atoms with E-state index in [2.05, 4.69) is 36.0 Å². The predicted octanol–water partition coefficient (Wildman–Crippen LogP) is 2.92. The molecule has 0 saturated carbocycles. The minimum absolute atomic E-state index is 1.12. The second-order valence-corrected chi connectivity index (χ2v) is 4.21. The van der Waals surface area contributed by atoms with E-state index < -0.39 is 0 Å². The van der Waals surface area contributed by atoms with E-state index in [0.29, 0.717) is 0 Å². The second kappa shape index (κ2) is 7.57. The molecule has 0 aromatic rings. The van der Waals surface area contributed by atoms with Crippen molar-refractivity contribution in [1.29, 1.82) is 0 Å². The topological polar surface area (TPSA) is 27.3 Å². The highest BCUT2D eigenvalue weighted by Gasteiger charge is 2.12. The van der Waals surface area contributed by atoms with Crippen molar-refractivity contribution >= 4 is 0 Å². The highest BCUT2D eigenvalue weighted by molar-refractivity contribution is 5.02. The molecule has 0 aromatic heterocycles. The summed E-state index contributed by atoms with van der Waals surface area (Å²) in [5, 5.41) is 2.26. The molecule has 0 atom stereocenters. The van der Waals surface area contributed by atoms with Crippen LogP contribution in [0.2, 0.25) is 0 Å². The molecule has 0 spiro atoms. The van der Waals surface area contributed by atoms with Crippen molar-refractivity contribution in [2.75, 3.05) is 6.54 Å². The fourth-order valence-corrected chi connectivity index (χ4v) is 1.83. The minimum Gasteiger partial charge on any atom is -0.309 e. The Hall–Kier alpha value is -0.700. The van der Waals surface area contributed by atoms with E-state index in [9.17, 15) is 0 Å². The van der Waals surface area contributed by atoms with Crippen LogP contribution in [0, 0.1) is 0 Å². The highest BCUT2D eigenvalue weighted by atomic mass is 15.7. The normalized spacial score (nSPS) is 15.3. The van der Waals surface area contributed by atoms with Crippen molar-refractivity contribution in [2.45, 2.75) is 58.8 Å². The molecule has 0 saturated heterocycles. The molecule has 0 amide bonds. The van der Waals surface area contributed by atoms with E-state index in [1.54, 1.807) is 0 Å². The van der Waals surface area contributed by atoms with E-state index in [0.717, 1.165) is 6.54 Å². The molecule has 0 fully saturated rings. The zero-order valence-electron chi connectivity index (χ0n) is 10.2. The number of unbranched alkanes of at least 4 members (excludes halogenated alkanes) is 4. The van der Waals surface area contributed by atoms with Gasteiger partial charge in [-0.05, 0) is 19.3 Å². The predicted molar refractivity (Wildman–Crippen MR) is 64.7 cm³/mol. The summed E-state index contributed by atoms with van der Waals surface area (Å²) >= 11 is 0. The van der Waals surface area contributed by atoms with Gasteiger partial charge in [-0.3, -0.25) is 5.01 Å². The second-order valence-electron chi connectivity index (χ2n) is 4.21. The van der Waals surface area contributed by atoms with Gasteiger partial charge in [0.15, 0.2) is 0 Å². The number of hydrogen-bond donors (Lipinski definition) is 2. The van der Waals surface area contributed by atoms with Crippen molar-refractivity contribution in [1.82, 2.24) is 16.0 Å². The van der Waals surface area contributed by atoms with Gasteiger partial charge in [0.1, 0.15) is 0 Å². The van der Waals surface area contributed by atoms with Gasteiger partial charge in [-0.15, -0.1) is 5.53 Å². The van der Waals surface area contributed by atoms with Crippen molar-refractivity contribution in [2.24, 2.45) is 0 Å². The van der Waals surface area contributed by atoms with Crippen molar-refractivity contribution < 1.29 is 0 Å². The third-order valence-electron chi connectivity index (χ3n) is 2.81. The summed E-state index contributed by atoms with van der Waals surface area (Å²) in [6.45, 7) is 5.62. The Balaban J connectivity index is 2.17. The van der Waals surface area contributed by atoms with Crippen LogP contribution in [-0.2, 0) is 0 Å². The first-order valence-corrected chi connectivity index (χ1v) is 6.36. The van der Waals surface area contributed by atoms with Gasteiger partial charge >= 0.3 is 0 Å². The van der Waals surface area contributed by atoms with E-state index >= 15 is 0 Å². The number of hydrazine groups is 2. The lowest BCUT2D eigenvalue weighted by Crippen LogP contribution is -2.38. The lowest BCUT2D eigenvalue weighted by Gasteiger charge is -2.21. The smallest absolute Gasteiger partial charge is 0.0483 e. The summed E-state index contributed by atoms with van der Waals surface area (Å²) in [7, 11) is 0. The summed E-state index contributed by atoms with van der Waals surface area (Å²) in [6, 6.07) is 0. The first kappa shape index (κ1) is 12.4. The Bertz CT molecular complexity index is 189. The fourth-order valence-electron chi connectivity index (χ4n) is 1.83. The molecule has 15 heavy (non-hydrogen) atoms. The molecule has 3 heteroatoms. The average Bonchev–Trinajstić information content (AvgIpc) is 2.67. The monoisotopic (exact) mass is 211 g/mol. The van der Waals surface area contributed by atoms with Crippen molar-refractivity contribution in [3.63, 3.8) is 0 Å². The van der Waals surface area contributed by atoms with Crippen LogP contribution in [-0.4, -0.2) is 11.6 Å². The van der Waals surface area contributed by atoms with Gasteiger partial charge in [0.05, 0.1) is 0 Å². The van der Waals surface area contributed by atoms with Crippen molar-refractivity contribution in [3.8, 4) is 0 Å². The van der Waals surface area contributed by atoms with Gasteiger partial charge in [0.2, 0.25) is 0 Å². The van der Waals surface area contributed by atoms with Crippen molar-refractivity contribution in [3.05, 3.63) is 11.9 Å². The van der Waals surface area contributed by atoms with E-state index in [-0.39, 0.29) is 0 Å². The summed E-state index contributed by atoms with van der Waals surface area (Å²) in [5.41, 5.74) is 7.69. The van der Waals surface area contributed by atoms with Gasteiger partial charge in [0.25, 0.3) is 0 Å². The maximum absolute atomic E-state index is 3.18. The molecule has 0 unspecified atom stereocenters. The largest absolute Gasteiger partial charge is 0.309 e. The highest BCUT2D eigenvalue weighted by Crippen LogP contribution is 2.14. The molecule has 1 aliphatic heterocycles. The third-order valence-corrected chi connectivity index (χ3v) is 2.81. The standard InChI is InChI=1S/C12H25N3/c1-3-5-7-9-12-11-13-14-15(12)10-8-6-4-2/h11,13-14H,3-10H2,1-2H3. The zero-order chi connectivity index (χ0) is 10.9. The van der Waals surface area contributed by atoms with Crippen LogP contribution in [0.5, 0.6) is 0 Å². The maximum Gasteiger partial charge on any atom is 0.0483 e. The molecule has 0 radical (unpaired) electrons. The Morgan fingerprint density at radius 2 is 1.80 bits per heavy atom. The Kier molecular flexibility index (Phi) is 6.25. The average molecular weight is 211 g/mol. The number of nitrogens with one attached hydrogen (secondary N) is 2. The van der Waals surface area contributed by atoms with Crippen LogP contribution in [0.3, 0.4) is 0 Å². The van der Waals surface area contributed by atoms with E-state index in [4.69, 9.17) is 0 Å². The number of rotatable bonds is 8. The molecule has 2 N–H and O–H groups in total. The third kappa shape index (κ3) is 4.56. The van der Waals surface area contributed by atoms with Crippen LogP contribution in [0.4, 0.5) is 0 Å². The Morgan fingerprint density at radius 1 is 1.07 bits per heavy atom. The maximum atomic E-state index is 3.18. The first-order chi connectivity index (χ1) is 7.38. The van der Waals surface area contributed by atoms with Crippen LogP contribution in [0.15, 0.2) is 11.9 Å². The fraction of sp³-hybridized carbons (Fsp3) is 0.833.